The molecular formula is C16H32N2. The fourth-order valence-corrected chi connectivity index (χ4v) is 3.83. The third-order valence-corrected chi connectivity index (χ3v) is 5.66. The van der Waals surface area contributed by atoms with Gasteiger partial charge in [-0.3, -0.25) is 0 Å². The standard InChI is InChI=1S/C16H32N2/c1-16(2,3)13-9-8-12(11-17)15(10-13)18(4)14-6-5-7-14/h12-15H,5-11,17H2,1-4H3. The van der Waals surface area contributed by atoms with Crippen LogP contribution >= 0.6 is 0 Å². The highest BCUT2D eigenvalue weighted by Gasteiger charge is 2.39. The molecule has 2 N–H and O–H groups in total. The number of rotatable bonds is 3. The Kier molecular flexibility index (Phi) is 4.38. The van der Waals surface area contributed by atoms with Crippen molar-refractivity contribution in [3.05, 3.63) is 0 Å². The zero-order valence-electron chi connectivity index (χ0n) is 12.8. The molecule has 0 spiro atoms. The molecule has 18 heavy (non-hydrogen) atoms. The average Bonchev–Trinajstić information content (AvgIpc) is 2.24. The minimum atomic E-state index is 0.457. The van der Waals surface area contributed by atoms with Gasteiger partial charge < -0.3 is 10.6 Å². The Morgan fingerprint density at radius 2 is 1.78 bits per heavy atom. The molecule has 2 nitrogen and oxygen atoms in total. The van der Waals surface area contributed by atoms with Crippen molar-refractivity contribution in [2.24, 2.45) is 23.0 Å². The maximum Gasteiger partial charge on any atom is 0.0138 e. The van der Waals surface area contributed by atoms with E-state index in [2.05, 4.69) is 32.7 Å². The fourth-order valence-electron chi connectivity index (χ4n) is 3.83. The van der Waals surface area contributed by atoms with E-state index in [1.54, 1.807) is 0 Å². The van der Waals surface area contributed by atoms with E-state index < -0.39 is 0 Å². The minimum absolute atomic E-state index is 0.457. The zero-order valence-corrected chi connectivity index (χ0v) is 12.8. The highest BCUT2D eigenvalue weighted by Crippen LogP contribution is 2.42. The van der Waals surface area contributed by atoms with Gasteiger partial charge in [0.05, 0.1) is 0 Å². The van der Waals surface area contributed by atoms with Gasteiger partial charge in [-0.05, 0) is 62.9 Å². The minimum Gasteiger partial charge on any atom is -0.330 e. The second-order valence-electron chi connectivity index (χ2n) is 7.69. The highest BCUT2D eigenvalue weighted by atomic mass is 15.2. The van der Waals surface area contributed by atoms with Crippen molar-refractivity contribution in [2.75, 3.05) is 13.6 Å². The lowest BCUT2D eigenvalue weighted by atomic mass is 9.67. The van der Waals surface area contributed by atoms with Gasteiger partial charge in [0.2, 0.25) is 0 Å². The molecule has 2 saturated carbocycles. The summed E-state index contributed by atoms with van der Waals surface area (Å²) < 4.78 is 0. The second-order valence-corrected chi connectivity index (χ2v) is 7.69. The molecule has 3 atom stereocenters. The number of nitrogens with two attached hydrogens (primary N) is 1. The Morgan fingerprint density at radius 3 is 2.22 bits per heavy atom. The topological polar surface area (TPSA) is 29.3 Å². The van der Waals surface area contributed by atoms with E-state index in [4.69, 9.17) is 5.73 Å². The molecule has 0 radical (unpaired) electrons. The van der Waals surface area contributed by atoms with Crippen LogP contribution in [0.2, 0.25) is 0 Å². The molecule has 0 bridgehead atoms. The first-order valence-electron chi connectivity index (χ1n) is 7.85. The predicted octanol–water partition coefficient (Wildman–Crippen LogP) is 3.26. The lowest BCUT2D eigenvalue weighted by molar-refractivity contribution is 0.0159. The SMILES string of the molecule is CN(C1CCC1)C1CC(C(C)(C)C)CCC1CN. The summed E-state index contributed by atoms with van der Waals surface area (Å²) in [6.07, 6.45) is 8.31. The summed E-state index contributed by atoms with van der Waals surface area (Å²) in [5.41, 5.74) is 6.48. The molecular weight excluding hydrogens is 220 g/mol. The van der Waals surface area contributed by atoms with Crippen molar-refractivity contribution in [3.63, 3.8) is 0 Å². The summed E-state index contributed by atoms with van der Waals surface area (Å²) in [4.78, 5) is 2.68. The van der Waals surface area contributed by atoms with Crippen molar-refractivity contribution in [2.45, 2.75) is 71.4 Å². The second kappa shape index (κ2) is 5.50. The summed E-state index contributed by atoms with van der Waals surface area (Å²) in [7, 11) is 2.35. The van der Waals surface area contributed by atoms with Crippen LogP contribution in [0.4, 0.5) is 0 Å². The van der Waals surface area contributed by atoms with Gasteiger partial charge >= 0.3 is 0 Å². The van der Waals surface area contributed by atoms with Crippen LogP contribution in [-0.2, 0) is 0 Å². The molecule has 2 fully saturated rings. The van der Waals surface area contributed by atoms with E-state index in [1.807, 2.05) is 0 Å². The molecule has 2 heteroatoms. The van der Waals surface area contributed by atoms with Crippen LogP contribution in [-0.4, -0.2) is 30.6 Å². The van der Waals surface area contributed by atoms with Gasteiger partial charge in [0, 0.05) is 12.1 Å². The Bertz CT molecular complexity index is 265. The first kappa shape index (κ1) is 14.3. The van der Waals surface area contributed by atoms with Crippen LogP contribution in [0.3, 0.4) is 0 Å². The van der Waals surface area contributed by atoms with E-state index in [0.717, 1.165) is 30.5 Å². The van der Waals surface area contributed by atoms with E-state index in [1.165, 1.54) is 38.5 Å². The first-order chi connectivity index (χ1) is 8.43. The summed E-state index contributed by atoms with van der Waals surface area (Å²) in [5, 5.41) is 0. The smallest absolute Gasteiger partial charge is 0.0138 e. The molecule has 0 aromatic heterocycles. The summed E-state index contributed by atoms with van der Waals surface area (Å²) in [6.45, 7) is 8.08. The molecule has 0 aliphatic heterocycles. The molecule has 2 aliphatic rings. The summed E-state index contributed by atoms with van der Waals surface area (Å²) in [5.74, 6) is 1.60. The fraction of sp³-hybridized carbons (Fsp3) is 1.00. The molecule has 0 aromatic carbocycles. The van der Waals surface area contributed by atoms with Gasteiger partial charge in [0.25, 0.3) is 0 Å². The van der Waals surface area contributed by atoms with Gasteiger partial charge in [0.15, 0.2) is 0 Å². The lowest BCUT2D eigenvalue weighted by Gasteiger charge is -2.49. The Hall–Kier alpha value is -0.0800. The molecule has 0 amide bonds. The van der Waals surface area contributed by atoms with E-state index in [9.17, 15) is 0 Å². The van der Waals surface area contributed by atoms with E-state index in [0.29, 0.717) is 5.41 Å². The maximum absolute atomic E-state index is 6.02. The van der Waals surface area contributed by atoms with E-state index in [-0.39, 0.29) is 0 Å². The third-order valence-electron chi connectivity index (χ3n) is 5.66. The molecule has 0 saturated heterocycles. The average molecular weight is 252 g/mol. The number of hydrogen-bond acceptors (Lipinski definition) is 2. The normalized spacial score (nSPS) is 34.7. The molecule has 2 rings (SSSR count). The van der Waals surface area contributed by atoms with Crippen LogP contribution < -0.4 is 5.73 Å². The quantitative estimate of drug-likeness (QED) is 0.835. The molecule has 0 aromatic rings. The van der Waals surface area contributed by atoms with Gasteiger partial charge in [-0.1, -0.05) is 27.2 Å². The monoisotopic (exact) mass is 252 g/mol. The van der Waals surface area contributed by atoms with Gasteiger partial charge in [-0.25, -0.2) is 0 Å². The molecule has 3 unspecified atom stereocenters. The van der Waals surface area contributed by atoms with Crippen molar-refractivity contribution < 1.29 is 0 Å². The van der Waals surface area contributed by atoms with Crippen molar-refractivity contribution >= 4 is 0 Å². The number of hydrogen-bond donors (Lipinski definition) is 1. The molecule has 2 aliphatic carbocycles. The summed E-state index contributed by atoms with van der Waals surface area (Å²) in [6, 6.07) is 1.58. The molecule has 0 heterocycles. The Morgan fingerprint density at radius 1 is 1.11 bits per heavy atom. The third kappa shape index (κ3) is 2.91. The first-order valence-corrected chi connectivity index (χ1v) is 7.85. The van der Waals surface area contributed by atoms with Crippen molar-refractivity contribution in [1.82, 2.24) is 4.90 Å². The maximum atomic E-state index is 6.02. The van der Waals surface area contributed by atoms with Crippen molar-refractivity contribution in [3.8, 4) is 0 Å². The van der Waals surface area contributed by atoms with Crippen LogP contribution in [0, 0.1) is 17.3 Å². The van der Waals surface area contributed by atoms with Crippen LogP contribution in [0.15, 0.2) is 0 Å². The Labute approximate surface area is 113 Å². The Balaban J connectivity index is 2.02. The predicted molar refractivity (Wildman–Crippen MR) is 78.5 cm³/mol. The van der Waals surface area contributed by atoms with Crippen molar-refractivity contribution in [1.29, 1.82) is 0 Å². The van der Waals surface area contributed by atoms with Gasteiger partial charge in [-0.2, -0.15) is 0 Å². The van der Waals surface area contributed by atoms with Gasteiger partial charge in [-0.15, -0.1) is 0 Å². The van der Waals surface area contributed by atoms with Crippen LogP contribution in [0.5, 0.6) is 0 Å². The van der Waals surface area contributed by atoms with Gasteiger partial charge in [0.1, 0.15) is 0 Å². The zero-order chi connectivity index (χ0) is 13.3. The molecule has 106 valence electrons. The number of nitrogens with zero attached hydrogens (tertiary/aromatic N) is 1. The van der Waals surface area contributed by atoms with Crippen LogP contribution in [0.1, 0.15) is 59.3 Å². The van der Waals surface area contributed by atoms with Crippen LogP contribution in [0.25, 0.3) is 0 Å². The largest absolute Gasteiger partial charge is 0.330 e. The lowest BCUT2D eigenvalue weighted by Crippen LogP contribution is -2.52. The van der Waals surface area contributed by atoms with E-state index >= 15 is 0 Å². The summed E-state index contributed by atoms with van der Waals surface area (Å²) >= 11 is 0. The highest BCUT2D eigenvalue weighted by molar-refractivity contribution is 4.93.